The van der Waals surface area contributed by atoms with Crippen molar-refractivity contribution < 1.29 is 14.6 Å². The molecular weight excluding hydrogens is 771 g/mol. The standard InChI is InChI=1S/C47H61N9O3S/c1-6-47(26-33-24-45(4,29-47)28-46(5,25-33)59-23-22-54-19-11-7-8-12-20-54)30-56-32(3)36(27-48-56)35-17-18-39(50-40(35)43(57)58)55-21-13-14-34-31(2)41(52-53-42(34)55)51-44-49-37-15-9-10-16-38(37)60-44/h9-10,15-18,27,33H,6-8,11-14,19-26,28-30H2,1-5H3,(H,57,58)(H,49,51,52)/t33?,45-,46?,47?/m1/s1. The Hall–Kier alpha value is -4.46. The van der Waals surface area contributed by atoms with Gasteiger partial charge in [0.2, 0.25) is 0 Å². The van der Waals surface area contributed by atoms with E-state index in [1.807, 2.05) is 41.4 Å². The SMILES string of the molecule is CCC1(Cn2ncc(-c3ccc(N4CCCc5c4nnc(Nc4nc6ccccc6s4)c5C)nc3C(=O)O)c2C)CC2CC(C)(OCCN3CCCCCC3)C[C@@](C)(C2)C1. The third-order valence-corrected chi connectivity index (χ3v) is 15.2. The van der Waals surface area contributed by atoms with E-state index in [0.717, 1.165) is 102 Å². The number of pyridine rings is 1. The zero-order valence-corrected chi connectivity index (χ0v) is 36.9. The third kappa shape index (κ3) is 8.16. The van der Waals surface area contributed by atoms with E-state index in [9.17, 15) is 9.90 Å². The molecule has 9 rings (SSSR count). The van der Waals surface area contributed by atoms with E-state index in [0.29, 0.717) is 35.5 Å². The predicted molar refractivity (Wildman–Crippen MR) is 239 cm³/mol. The summed E-state index contributed by atoms with van der Waals surface area (Å²) in [7, 11) is 0. The van der Waals surface area contributed by atoms with Crippen LogP contribution in [-0.2, 0) is 17.7 Å². The Morgan fingerprint density at radius 1 is 0.950 bits per heavy atom. The van der Waals surface area contributed by atoms with Crippen molar-refractivity contribution in [1.29, 1.82) is 0 Å². The summed E-state index contributed by atoms with van der Waals surface area (Å²) in [6, 6.07) is 11.9. The molecule has 2 aliphatic heterocycles. The van der Waals surface area contributed by atoms with Gasteiger partial charge in [0.05, 0.1) is 28.6 Å². The Bertz CT molecular complexity index is 2340. The number of carboxylic acids is 1. The van der Waals surface area contributed by atoms with Gasteiger partial charge in [-0.1, -0.05) is 50.2 Å². The first-order chi connectivity index (χ1) is 28.9. The van der Waals surface area contributed by atoms with Crippen LogP contribution < -0.4 is 10.2 Å². The first-order valence-electron chi connectivity index (χ1n) is 22.3. The van der Waals surface area contributed by atoms with E-state index in [1.54, 1.807) is 11.3 Å². The van der Waals surface area contributed by atoms with Crippen LogP contribution in [0.1, 0.15) is 119 Å². The van der Waals surface area contributed by atoms with Crippen molar-refractivity contribution in [2.24, 2.45) is 16.7 Å². The second-order valence-electron chi connectivity index (χ2n) is 19.1. The molecule has 0 radical (unpaired) electrons. The smallest absolute Gasteiger partial charge is 0.355 e. The minimum Gasteiger partial charge on any atom is -0.476 e. The number of carbonyl (C=O) groups is 1. The molecule has 1 aromatic carbocycles. The van der Waals surface area contributed by atoms with Crippen LogP contribution in [0.5, 0.6) is 0 Å². The van der Waals surface area contributed by atoms with Crippen molar-refractivity contribution in [3.8, 4) is 11.1 Å². The number of anilines is 4. The number of ether oxygens (including phenoxy) is 1. The summed E-state index contributed by atoms with van der Waals surface area (Å²) in [4.78, 5) is 27.1. The zero-order valence-electron chi connectivity index (χ0n) is 36.1. The second kappa shape index (κ2) is 16.4. The average molecular weight is 832 g/mol. The molecule has 4 aliphatic rings. The Labute approximate surface area is 358 Å². The fourth-order valence-electron chi connectivity index (χ4n) is 11.8. The molecule has 60 heavy (non-hydrogen) atoms. The van der Waals surface area contributed by atoms with Crippen LogP contribution in [0.15, 0.2) is 42.6 Å². The number of benzene rings is 1. The predicted octanol–water partition coefficient (Wildman–Crippen LogP) is 10.1. The number of thiazole rings is 1. The monoisotopic (exact) mass is 831 g/mol. The van der Waals surface area contributed by atoms with Crippen LogP contribution in [0.4, 0.5) is 22.6 Å². The molecule has 4 aromatic heterocycles. The van der Waals surface area contributed by atoms with Gasteiger partial charge in [-0.25, -0.2) is 14.8 Å². The first-order valence-corrected chi connectivity index (χ1v) is 23.1. The van der Waals surface area contributed by atoms with E-state index in [1.165, 1.54) is 45.2 Å². The van der Waals surface area contributed by atoms with Crippen LogP contribution in [0.3, 0.4) is 0 Å². The number of aromatic carboxylic acids is 1. The minimum atomic E-state index is -1.07. The summed E-state index contributed by atoms with van der Waals surface area (Å²) in [6.07, 6.45) is 15.8. The average Bonchev–Trinajstić information content (AvgIpc) is 3.68. The molecule has 3 unspecified atom stereocenters. The molecule has 2 N–H and O–H groups in total. The highest BCUT2D eigenvalue weighted by molar-refractivity contribution is 7.22. The van der Waals surface area contributed by atoms with Crippen molar-refractivity contribution in [3.05, 3.63) is 65.1 Å². The number of nitrogens with one attached hydrogen (secondary N) is 1. The summed E-state index contributed by atoms with van der Waals surface area (Å²) in [5.74, 6) is 1.48. The van der Waals surface area contributed by atoms with Gasteiger partial charge < -0.3 is 25.0 Å². The van der Waals surface area contributed by atoms with Crippen LogP contribution in [-0.4, -0.2) is 84.3 Å². The van der Waals surface area contributed by atoms with Gasteiger partial charge in [0.25, 0.3) is 0 Å². The largest absolute Gasteiger partial charge is 0.476 e. The Kier molecular flexibility index (Phi) is 11.2. The summed E-state index contributed by atoms with van der Waals surface area (Å²) >= 11 is 1.58. The van der Waals surface area contributed by atoms with E-state index in [2.05, 4.69) is 65.8 Å². The molecule has 2 saturated carbocycles. The number of para-hydroxylation sites is 1. The molecule has 6 heterocycles. The maximum atomic E-state index is 12.9. The Morgan fingerprint density at radius 3 is 2.53 bits per heavy atom. The van der Waals surface area contributed by atoms with Crippen molar-refractivity contribution in [3.63, 3.8) is 0 Å². The molecule has 0 amide bonds. The van der Waals surface area contributed by atoms with Gasteiger partial charge in [0, 0.05) is 47.6 Å². The second-order valence-corrected chi connectivity index (χ2v) is 20.1. The van der Waals surface area contributed by atoms with Gasteiger partial charge in [-0.15, -0.1) is 10.2 Å². The van der Waals surface area contributed by atoms with E-state index < -0.39 is 5.97 Å². The van der Waals surface area contributed by atoms with E-state index in [-0.39, 0.29) is 22.1 Å². The zero-order chi connectivity index (χ0) is 41.6. The number of hydrogen-bond acceptors (Lipinski definition) is 11. The normalized spacial score (nSPS) is 25.9. The fraction of sp³-hybridized carbons (Fsp3) is 0.574. The van der Waals surface area contributed by atoms with Crippen LogP contribution in [0.25, 0.3) is 21.3 Å². The number of likely N-dealkylation sites (tertiary alicyclic amines) is 1. The topological polar surface area (TPSA) is 134 Å². The first kappa shape index (κ1) is 40.9. The van der Waals surface area contributed by atoms with Gasteiger partial charge in [0.15, 0.2) is 22.5 Å². The molecule has 0 spiro atoms. The van der Waals surface area contributed by atoms with Crippen molar-refractivity contribution in [2.75, 3.05) is 43.0 Å². The van der Waals surface area contributed by atoms with E-state index in [4.69, 9.17) is 19.8 Å². The lowest BCUT2D eigenvalue weighted by Crippen LogP contribution is -2.52. The molecule has 2 bridgehead atoms. The summed E-state index contributed by atoms with van der Waals surface area (Å²) < 4.78 is 10.1. The molecule has 5 aromatic rings. The lowest BCUT2D eigenvalue weighted by Gasteiger charge is -2.57. The van der Waals surface area contributed by atoms with Crippen molar-refractivity contribution in [2.45, 2.75) is 124 Å². The molecule has 318 valence electrons. The molecule has 13 heteroatoms. The summed E-state index contributed by atoms with van der Waals surface area (Å²) in [5.41, 5.74) is 5.64. The molecule has 4 atom stereocenters. The molecule has 3 fully saturated rings. The molecular formula is C47H61N9O3S. The maximum absolute atomic E-state index is 12.9. The number of nitrogens with zero attached hydrogens (tertiary/aromatic N) is 8. The van der Waals surface area contributed by atoms with Crippen molar-refractivity contribution in [1.82, 2.24) is 34.8 Å². The Balaban J connectivity index is 0.911. The van der Waals surface area contributed by atoms with Crippen LogP contribution >= 0.6 is 11.3 Å². The van der Waals surface area contributed by atoms with Gasteiger partial charge in [-0.05, 0) is 139 Å². The van der Waals surface area contributed by atoms with E-state index >= 15 is 0 Å². The van der Waals surface area contributed by atoms with Gasteiger partial charge in [-0.3, -0.25) is 4.68 Å². The summed E-state index contributed by atoms with van der Waals surface area (Å²) in [5, 5.41) is 29.0. The third-order valence-electron chi connectivity index (χ3n) is 14.3. The lowest BCUT2D eigenvalue weighted by molar-refractivity contribution is -0.145. The highest BCUT2D eigenvalue weighted by Crippen LogP contribution is 2.60. The van der Waals surface area contributed by atoms with Crippen molar-refractivity contribution >= 4 is 50.1 Å². The number of carboxylic acid groups (broad SMARTS) is 1. The minimum absolute atomic E-state index is 0.0149. The quantitative estimate of drug-likeness (QED) is 0.124. The summed E-state index contributed by atoms with van der Waals surface area (Å²) in [6.45, 7) is 17.1. The highest BCUT2D eigenvalue weighted by atomic mass is 32.1. The Morgan fingerprint density at radius 2 is 1.77 bits per heavy atom. The van der Waals surface area contributed by atoms with Crippen LogP contribution in [0, 0.1) is 30.6 Å². The fourth-order valence-corrected chi connectivity index (χ4v) is 12.7. The lowest BCUT2D eigenvalue weighted by atomic mass is 9.51. The molecule has 12 nitrogen and oxygen atoms in total. The van der Waals surface area contributed by atoms with Gasteiger partial charge in [0.1, 0.15) is 5.82 Å². The number of rotatable bonds is 12. The number of fused-ring (bicyclic) bond motifs is 4. The maximum Gasteiger partial charge on any atom is 0.355 e. The highest BCUT2D eigenvalue weighted by Gasteiger charge is 2.53. The van der Waals surface area contributed by atoms with Gasteiger partial charge in [-0.2, -0.15) is 5.10 Å². The van der Waals surface area contributed by atoms with Crippen LogP contribution in [0.2, 0.25) is 0 Å². The molecule has 1 saturated heterocycles. The number of aromatic nitrogens is 6. The number of hydrogen-bond donors (Lipinski definition) is 2. The van der Waals surface area contributed by atoms with Gasteiger partial charge >= 0.3 is 5.97 Å². The molecule has 2 aliphatic carbocycles.